The fraction of sp³-hybridized carbons (Fsp3) is 0.556. The van der Waals surface area contributed by atoms with Gasteiger partial charge < -0.3 is 15.5 Å². The second-order valence-electron chi connectivity index (χ2n) is 6.45. The van der Waals surface area contributed by atoms with Gasteiger partial charge in [-0.1, -0.05) is 0 Å². The van der Waals surface area contributed by atoms with Gasteiger partial charge in [-0.15, -0.1) is 11.3 Å². The molecule has 0 unspecified atom stereocenters. The summed E-state index contributed by atoms with van der Waals surface area (Å²) >= 11 is 1.71. The molecule has 1 aliphatic rings. The molecule has 0 amide bonds. The third-order valence-corrected chi connectivity index (χ3v) is 5.36. The number of aliphatic imine (C=N–C) groups is 1. The Morgan fingerprint density at radius 2 is 1.93 bits per heavy atom. The minimum atomic E-state index is 0.710. The molecular weight excluding hydrogens is 360 g/mol. The van der Waals surface area contributed by atoms with Crippen molar-refractivity contribution in [2.75, 3.05) is 51.2 Å². The highest BCUT2D eigenvalue weighted by Crippen LogP contribution is 2.11. The highest BCUT2D eigenvalue weighted by molar-refractivity contribution is 7.11. The molecule has 2 N–H and O–H groups in total. The van der Waals surface area contributed by atoms with Crippen molar-refractivity contribution in [3.63, 3.8) is 0 Å². The zero-order chi connectivity index (χ0) is 18.9. The quantitative estimate of drug-likeness (QED) is 0.418. The molecule has 0 atom stereocenters. The molecule has 9 heteroatoms. The fourth-order valence-electron chi connectivity index (χ4n) is 3.00. The van der Waals surface area contributed by atoms with Gasteiger partial charge in [-0.05, 0) is 26.0 Å². The average molecular weight is 389 g/mol. The van der Waals surface area contributed by atoms with E-state index in [-0.39, 0.29) is 0 Å². The zero-order valence-electron chi connectivity index (χ0n) is 16.1. The number of anilines is 1. The Morgan fingerprint density at radius 1 is 1.15 bits per heavy atom. The summed E-state index contributed by atoms with van der Waals surface area (Å²) in [6.07, 6.45) is 6.59. The van der Waals surface area contributed by atoms with Crippen LogP contribution in [0.3, 0.4) is 0 Å². The number of aromatic nitrogens is 3. The lowest BCUT2D eigenvalue weighted by Gasteiger charge is -2.34. The molecule has 1 aliphatic heterocycles. The van der Waals surface area contributed by atoms with Crippen molar-refractivity contribution >= 4 is 23.2 Å². The van der Waals surface area contributed by atoms with Crippen molar-refractivity contribution in [3.05, 3.63) is 34.5 Å². The molecule has 0 aromatic carbocycles. The van der Waals surface area contributed by atoms with Crippen LogP contribution < -0.4 is 15.5 Å². The van der Waals surface area contributed by atoms with Crippen LogP contribution in [0, 0.1) is 6.92 Å². The molecule has 8 nitrogen and oxygen atoms in total. The van der Waals surface area contributed by atoms with E-state index in [9.17, 15) is 0 Å². The highest BCUT2D eigenvalue weighted by Gasteiger charge is 2.18. The minimum absolute atomic E-state index is 0.710. The smallest absolute Gasteiger partial charge is 0.225 e. The van der Waals surface area contributed by atoms with Crippen LogP contribution in [-0.2, 0) is 6.54 Å². The summed E-state index contributed by atoms with van der Waals surface area (Å²) in [5.74, 6) is 1.66. The summed E-state index contributed by atoms with van der Waals surface area (Å²) in [7, 11) is 1.80. The summed E-state index contributed by atoms with van der Waals surface area (Å²) in [5.41, 5.74) is 0. The maximum absolute atomic E-state index is 4.36. The van der Waals surface area contributed by atoms with Gasteiger partial charge in [-0.3, -0.25) is 9.89 Å². The average Bonchev–Trinajstić information content (AvgIpc) is 3.14. The topological polar surface area (TPSA) is 81.6 Å². The van der Waals surface area contributed by atoms with Crippen LogP contribution in [0.4, 0.5) is 5.95 Å². The monoisotopic (exact) mass is 388 g/mol. The van der Waals surface area contributed by atoms with Crippen LogP contribution in [0.5, 0.6) is 0 Å². The maximum Gasteiger partial charge on any atom is 0.225 e. The van der Waals surface area contributed by atoms with Gasteiger partial charge in [0.1, 0.15) is 5.01 Å². The van der Waals surface area contributed by atoms with Crippen LogP contribution >= 0.6 is 11.3 Å². The molecule has 2 aromatic heterocycles. The van der Waals surface area contributed by atoms with Crippen LogP contribution in [0.15, 0.2) is 29.6 Å². The van der Waals surface area contributed by atoms with Crippen LogP contribution in [0.25, 0.3) is 0 Å². The van der Waals surface area contributed by atoms with Gasteiger partial charge in [0.25, 0.3) is 0 Å². The van der Waals surface area contributed by atoms with Crippen molar-refractivity contribution < 1.29 is 0 Å². The van der Waals surface area contributed by atoms with Gasteiger partial charge in [-0.2, -0.15) is 0 Å². The molecule has 3 heterocycles. The lowest BCUT2D eigenvalue weighted by atomic mass is 10.3. The van der Waals surface area contributed by atoms with E-state index in [4.69, 9.17) is 0 Å². The molecule has 0 aliphatic carbocycles. The molecule has 0 bridgehead atoms. The fourth-order valence-corrected chi connectivity index (χ4v) is 3.73. The number of thiazole rings is 1. The van der Waals surface area contributed by atoms with Crippen molar-refractivity contribution in [3.8, 4) is 0 Å². The summed E-state index contributed by atoms with van der Waals surface area (Å²) in [4.78, 5) is 23.3. The summed E-state index contributed by atoms with van der Waals surface area (Å²) in [5, 5.41) is 7.77. The van der Waals surface area contributed by atoms with Gasteiger partial charge >= 0.3 is 0 Å². The Labute approximate surface area is 164 Å². The van der Waals surface area contributed by atoms with E-state index in [0.29, 0.717) is 6.54 Å². The standard InChI is InChI=1S/C18H28N8S/c1-15-13-23-16(27-15)14-24-17(19-2)20-7-4-8-25-9-11-26(12-10-25)18-21-5-3-6-22-18/h3,5-6,13H,4,7-12,14H2,1-2H3,(H2,19,20,24). The van der Waals surface area contributed by atoms with E-state index < -0.39 is 0 Å². The molecule has 27 heavy (non-hydrogen) atoms. The molecule has 0 radical (unpaired) electrons. The minimum Gasteiger partial charge on any atom is -0.356 e. The summed E-state index contributed by atoms with van der Waals surface area (Å²) < 4.78 is 0. The third-order valence-electron chi connectivity index (χ3n) is 4.45. The van der Waals surface area contributed by atoms with Crippen LogP contribution in [0.2, 0.25) is 0 Å². The molecule has 2 aromatic rings. The number of aryl methyl sites for hydroxylation is 1. The van der Waals surface area contributed by atoms with Gasteiger partial charge in [0.2, 0.25) is 5.95 Å². The summed E-state index contributed by atoms with van der Waals surface area (Å²) in [6.45, 7) is 8.82. The van der Waals surface area contributed by atoms with Gasteiger partial charge in [0.05, 0.1) is 6.54 Å². The van der Waals surface area contributed by atoms with E-state index in [2.05, 4.69) is 47.3 Å². The lowest BCUT2D eigenvalue weighted by molar-refractivity contribution is 0.254. The van der Waals surface area contributed by atoms with E-state index >= 15 is 0 Å². The van der Waals surface area contributed by atoms with Crippen molar-refractivity contribution in [2.24, 2.45) is 4.99 Å². The molecule has 3 rings (SSSR count). The molecular formula is C18H28N8S. The zero-order valence-corrected chi connectivity index (χ0v) is 16.9. The molecule has 0 saturated carbocycles. The number of piperazine rings is 1. The Bertz CT molecular complexity index is 709. The number of hydrogen-bond donors (Lipinski definition) is 2. The van der Waals surface area contributed by atoms with Crippen molar-refractivity contribution in [2.45, 2.75) is 19.9 Å². The number of nitrogens with one attached hydrogen (secondary N) is 2. The van der Waals surface area contributed by atoms with Gasteiger partial charge in [0, 0.05) is 63.2 Å². The first-order valence-corrected chi connectivity index (χ1v) is 10.2. The predicted molar refractivity (Wildman–Crippen MR) is 110 cm³/mol. The first kappa shape index (κ1) is 19.5. The predicted octanol–water partition coefficient (Wildman–Crippen LogP) is 1.12. The number of hydrogen-bond acceptors (Lipinski definition) is 7. The largest absolute Gasteiger partial charge is 0.356 e. The van der Waals surface area contributed by atoms with Gasteiger partial charge in [0.15, 0.2) is 5.96 Å². The van der Waals surface area contributed by atoms with E-state index in [1.165, 1.54) is 4.88 Å². The van der Waals surface area contributed by atoms with Crippen LogP contribution in [-0.4, -0.2) is 72.1 Å². The van der Waals surface area contributed by atoms with Gasteiger partial charge in [-0.25, -0.2) is 15.0 Å². The van der Waals surface area contributed by atoms with E-state index in [1.54, 1.807) is 30.8 Å². The Morgan fingerprint density at radius 3 is 2.59 bits per heavy atom. The van der Waals surface area contributed by atoms with E-state index in [0.717, 1.165) is 62.6 Å². The summed E-state index contributed by atoms with van der Waals surface area (Å²) in [6, 6.07) is 1.85. The Kier molecular flexibility index (Phi) is 7.35. The number of guanidine groups is 1. The van der Waals surface area contributed by atoms with Crippen LogP contribution in [0.1, 0.15) is 16.3 Å². The third kappa shape index (κ3) is 6.14. The van der Waals surface area contributed by atoms with E-state index in [1.807, 2.05) is 12.3 Å². The molecule has 1 fully saturated rings. The normalized spacial score (nSPS) is 15.8. The molecule has 1 saturated heterocycles. The number of nitrogens with zero attached hydrogens (tertiary/aromatic N) is 6. The lowest BCUT2D eigenvalue weighted by Crippen LogP contribution is -2.47. The van der Waals surface area contributed by atoms with Crippen molar-refractivity contribution in [1.29, 1.82) is 0 Å². The van der Waals surface area contributed by atoms with Crippen molar-refractivity contribution in [1.82, 2.24) is 30.5 Å². The second-order valence-corrected chi connectivity index (χ2v) is 7.77. The highest BCUT2D eigenvalue weighted by atomic mass is 32.1. The second kappa shape index (κ2) is 10.2. The maximum atomic E-state index is 4.36. The first-order valence-electron chi connectivity index (χ1n) is 9.35. The Hall–Kier alpha value is -2.26. The molecule has 146 valence electrons. The SMILES string of the molecule is CN=C(NCCCN1CCN(c2ncccn2)CC1)NCc1ncc(C)s1. The molecule has 0 spiro atoms. The first-order chi connectivity index (χ1) is 13.2. The number of rotatable bonds is 7. The Balaban J connectivity index is 1.29.